The van der Waals surface area contributed by atoms with Gasteiger partial charge in [-0.2, -0.15) is 0 Å². The number of hydrogen-bond acceptors (Lipinski definition) is 5. The minimum absolute atomic E-state index is 0. The van der Waals surface area contributed by atoms with Crippen molar-refractivity contribution >= 4 is 24.0 Å². The number of piperazine rings is 1. The van der Waals surface area contributed by atoms with Gasteiger partial charge in [-0.05, 0) is 60.3 Å². The Kier molecular flexibility index (Phi) is 8.03. The maximum Gasteiger partial charge on any atom is 0.227 e. The monoisotopic (exact) mass is 529 g/mol. The molecule has 38 heavy (non-hydrogen) atoms. The second-order valence-electron chi connectivity index (χ2n) is 10.2. The molecule has 1 atom stereocenters. The molecule has 1 aliphatic heterocycles. The van der Waals surface area contributed by atoms with Crippen LogP contribution in [0.25, 0.3) is 11.3 Å². The minimum Gasteiger partial charge on any atom is -0.324 e. The van der Waals surface area contributed by atoms with Gasteiger partial charge in [0.15, 0.2) is 0 Å². The zero-order valence-electron chi connectivity index (χ0n) is 21.6. The number of likely N-dealkylation sites (N-methyl/N-ethyl adjacent to an activating group) is 1. The summed E-state index contributed by atoms with van der Waals surface area (Å²) in [4.78, 5) is 14.5. The standard InChI is InChI=1S/C31H32FN5.ClH/c1-36-15-17-37(18-16-36)14-13-22-7-6-8-24(19-22)34-31-33-21-23-20-28(26-10-4-5-12-29(26)32)25-9-2-3-11-27(25)30(23)35-31;/h2-12,19,21,28H,13-18,20H2,1H3,(H,33,34,35);1H/t28-;/m1./s1. The van der Waals surface area contributed by atoms with Crippen molar-refractivity contribution in [2.45, 2.75) is 18.8 Å². The van der Waals surface area contributed by atoms with Gasteiger partial charge in [-0.15, -0.1) is 12.4 Å². The van der Waals surface area contributed by atoms with Crippen molar-refractivity contribution in [1.82, 2.24) is 19.8 Å². The van der Waals surface area contributed by atoms with Gasteiger partial charge in [0.2, 0.25) is 5.95 Å². The van der Waals surface area contributed by atoms with Crippen LogP contribution in [-0.4, -0.2) is 59.5 Å². The quantitative estimate of drug-likeness (QED) is 0.335. The Morgan fingerprint density at radius 1 is 0.921 bits per heavy atom. The Morgan fingerprint density at radius 3 is 2.50 bits per heavy atom. The largest absolute Gasteiger partial charge is 0.324 e. The van der Waals surface area contributed by atoms with E-state index in [-0.39, 0.29) is 24.1 Å². The first-order valence-electron chi connectivity index (χ1n) is 13.1. The van der Waals surface area contributed by atoms with E-state index in [9.17, 15) is 4.39 Å². The number of anilines is 2. The number of nitrogens with zero attached hydrogens (tertiary/aromatic N) is 4. The molecular formula is C31H33ClFN5. The van der Waals surface area contributed by atoms with Crippen LogP contribution in [0.15, 0.2) is 79.0 Å². The van der Waals surface area contributed by atoms with Gasteiger partial charge in [0.1, 0.15) is 5.82 Å². The van der Waals surface area contributed by atoms with E-state index in [0.29, 0.717) is 12.4 Å². The van der Waals surface area contributed by atoms with Crippen LogP contribution in [0, 0.1) is 5.82 Å². The van der Waals surface area contributed by atoms with E-state index >= 15 is 0 Å². The van der Waals surface area contributed by atoms with E-state index in [0.717, 1.165) is 72.8 Å². The molecule has 5 nitrogen and oxygen atoms in total. The molecule has 1 fully saturated rings. The number of benzene rings is 3. The van der Waals surface area contributed by atoms with Gasteiger partial charge < -0.3 is 15.1 Å². The van der Waals surface area contributed by atoms with E-state index in [1.807, 2.05) is 30.5 Å². The number of hydrogen-bond donors (Lipinski definition) is 1. The van der Waals surface area contributed by atoms with Gasteiger partial charge >= 0.3 is 0 Å². The average Bonchev–Trinajstić information content (AvgIpc) is 2.93. The lowest BCUT2D eigenvalue weighted by Crippen LogP contribution is -2.45. The normalized spacial score (nSPS) is 17.3. The Labute approximate surface area is 230 Å². The molecule has 7 heteroatoms. The molecule has 0 amide bonds. The third-order valence-electron chi connectivity index (χ3n) is 7.66. The van der Waals surface area contributed by atoms with Gasteiger partial charge in [0, 0.05) is 56.1 Å². The molecule has 0 unspecified atom stereocenters. The Hall–Kier alpha value is -3.32. The van der Waals surface area contributed by atoms with Crippen molar-refractivity contribution in [3.63, 3.8) is 0 Å². The van der Waals surface area contributed by atoms with Crippen LogP contribution in [0.2, 0.25) is 0 Å². The zero-order valence-corrected chi connectivity index (χ0v) is 22.4. The Bertz CT molecular complexity index is 1400. The number of aromatic nitrogens is 2. The van der Waals surface area contributed by atoms with Crippen LogP contribution in [-0.2, 0) is 12.8 Å². The summed E-state index contributed by atoms with van der Waals surface area (Å²) in [6.45, 7) is 5.63. The molecule has 2 aliphatic rings. The number of nitrogens with one attached hydrogen (secondary N) is 1. The van der Waals surface area contributed by atoms with Crippen molar-refractivity contribution in [2.75, 3.05) is 45.1 Å². The summed E-state index contributed by atoms with van der Waals surface area (Å²) in [6, 6.07) is 23.8. The van der Waals surface area contributed by atoms with E-state index in [1.54, 1.807) is 6.07 Å². The van der Waals surface area contributed by atoms with E-state index in [4.69, 9.17) is 4.98 Å². The number of halogens is 2. The van der Waals surface area contributed by atoms with Crippen LogP contribution in [0.5, 0.6) is 0 Å². The molecule has 4 aromatic rings. The lowest BCUT2D eigenvalue weighted by Gasteiger charge is -2.32. The smallest absolute Gasteiger partial charge is 0.227 e. The summed E-state index contributed by atoms with van der Waals surface area (Å²) < 4.78 is 14.7. The Morgan fingerprint density at radius 2 is 1.68 bits per heavy atom. The molecule has 0 radical (unpaired) electrons. The minimum atomic E-state index is -0.169. The highest BCUT2D eigenvalue weighted by Gasteiger charge is 2.29. The highest BCUT2D eigenvalue weighted by Crippen LogP contribution is 2.42. The zero-order chi connectivity index (χ0) is 25.2. The van der Waals surface area contributed by atoms with E-state index in [2.05, 4.69) is 63.5 Å². The summed E-state index contributed by atoms with van der Waals surface area (Å²) in [7, 11) is 2.19. The first-order chi connectivity index (χ1) is 18.1. The van der Waals surface area contributed by atoms with Crippen molar-refractivity contribution < 1.29 is 4.39 Å². The molecule has 0 saturated carbocycles. The predicted molar refractivity (Wildman–Crippen MR) is 154 cm³/mol. The second kappa shape index (κ2) is 11.6. The molecule has 1 saturated heterocycles. The van der Waals surface area contributed by atoms with Gasteiger partial charge in [-0.3, -0.25) is 0 Å². The lowest BCUT2D eigenvalue weighted by molar-refractivity contribution is 0.155. The second-order valence-corrected chi connectivity index (χ2v) is 10.2. The first kappa shape index (κ1) is 26.3. The summed E-state index contributed by atoms with van der Waals surface area (Å²) in [6.07, 6.45) is 3.59. The molecule has 3 aromatic carbocycles. The fraction of sp³-hybridized carbons (Fsp3) is 0.290. The molecule has 0 spiro atoms. The molecule has 6 rings (SSSR count). The van der Waals surface area contributed by atoms with E-state index < -0.39 is 0 Å². The molecular weight excluding hydrogens is 497 g/mol. The molecule has 1 aliphatic carbocycles. The van der Waals surface area contributed by atoms with Crippen molar-refractivity contribution in [1.29, 1.82) is 0 Å². The molecule has 196 valence electrons. The Balaban J connectivity index is 0.00000294. The summed E-state index contributed by atoms with van der Waals surface area (Å²) in [5.41, 5.74) is 7.13. The van der Waals surface area contributed by atoms with Crippen molar-refractivity contribution in [3.8, 4) is 11.3 Å². The molecule has 1 aromatic heterocycles. The maximum atomic E-state index is 14.7. The van der Waals surface area contributed by atoms with Gasteiger partial charge in [0.05, 0.1) is 5.69 Å². The highest BCUT2D eigenvalue weighted by atomic mass is 35.5. The average molecular weight is 530 g/mol. The number of rotatable bonds is 6. The van der Waals surface area contributed by atoms with Gasteiger partial charge in [-0.25, -0.2) is 14.4 Å². The van der Waals surface area contributed by atoms with Crippen LogP contribution < -0.4 is 5.32 Å². The van der Waals surface area contributed by atoms with E-state index in [1.165, 1.54) is 11.6 Å². The SMILES string of the molecule is CN1CCN(CCc2cccc(Nc3ncc4c(n3)-c3ccccc3[C@H](c3ccccc3F)C4)c2)CC1.Cl. The first-order valence-corrected chi connectivity index (χ1v) is 13.1. The van der Waals surface area contributed by atoms with Crippen LogP contribution in [0.3, 0.4) is 0 Å². The van der Waals surface area contributed by atoms with Gasteiger partial charge in [-0.1, -0.05) is 54.6 Å². The fourth-order valence-corrected chi connectivity index (χ4v) is 5.52. The summed E-state index contributed by atoms with van der Waals surface area (Å²) >= 11 is 0. The van der Waals surface area contributed by atoms with Crippen LogP contribution in [0.4, 0.5) is 16.0 Å². The van der Waals surface area contributed by atoms with Crippen molar-refractivity contribution in [2.24, 2.45) is 0 Å². The topological polar surface area (TPSA) is 44.3 Å². The summed E-state index contributed by atoms with van der Waals surface area (Å²) in [5.74, 6) is 0.357. The third kappa shape index (κ3) is 5.58. The lowest BCUT2D eigenvalue weighted by atomic mass is 9.78. The molecule has 2 heterocycles. The number of fused-ring (bicyclic) bond motifs is 3. The summed E-state index contributed by atoms with van der Waals surface area (Å²) in [5, 5.41) is 3.42. The maximum absolute atomic E-state index is 14.7. The third-order valence-corrected chi connectivity index (χ3v) is 7.66. The highest BCUT2D eigenvalue weighted by molar-refractivity contribution is 5.85. The predicted octanol–water partition coefficient (Wildman–Crippen LogP) is 5.93. The van der Waals surface area contributed by atoms with Crippen LogP contribution >= 0.6 is 12.4 Å². The van der Waals surface area contributed by atoms with Crippen LogP contribution in [0.1, 0.15) is 28.2 Å². The van der Waals surface area contributed by atoms with Crippen molar-refractivity contribution in [3.05, 3.63) is 107 Å². The van der Waals surface area contributed by atoms with Gasteiger partial charge in [0.25, 0.3) is 0 Å². The molecule has 0 bridgehead atoms. The fourth-order valence-electron chi connectivity index (χ4n) is 5.52. The molecule has 1 N–H and O–H groups in total.